The molecule has 5 nitrogen and oxygen atoms in total. The van der Waals surface area contributed by atoms with E-state index in [1.807, 2.05) is 4.90 Å². The summed E-state index contributed by atoms with van der Waals surface area (Å²) in [6.07, 6.45) is 0. The lowest BCUT2D eigenvalue weighted by atomic mass is 9.95. The highest BCUT2D eigenvalue weighted by molar-refractivity contribution is 5.97. The summed E-state index contributed by atoms with van der Waals surface area (Å²) in [6.45, 7) is 4.82. The number of aromatic hydroxyl groups is 1. The van der Waals surface area contributed by atoms with Crippen molar-refractivity contribution in [1.29, 1.82) is 0 Å². The van der Waals surface area contributed by atoms with Gasteiger partial charge in [-0.25, -0.2) is 0 Å². The van der Waals surface area contributed by atoms with E-state index in [9.17, 15) is 9.90 Å². The van der Waals surface area contributed by atoms with Crippen LogP contribution in [0.2, 0.25) is 0 Å². The maximum absolute atomic E-state index is 12.6. The molecule has 0 bridgehead atoms. The van der Waals surface area contributed by atoms with E-state index in [1.54, 1.807) is 12.1 Å². The summed E-state index contributed by atoms with van der Waals surface area (Å²) in [5, 5.41) is 13.4. The summed E-state index contributed by atoms with van der Waals surface area (Å²) in [6, 6.07) is 5.03. The lowest BCUT2D eigenvalue weighted by Crippen LogP contribution is -2.38. The first-order valence-corrected chi connectivity index (χ1v) is 7.00. The zero-order valence-electron chi connectivity index (χ0n) is 11.8. The van der Waals surface area contributed by atoms with Crippen molar-refractivity contribution in [3.8, 4) is 11.5 Å². The van der Waals surface area contributed by atoms with E-state index in [-0.39, 0.29) is 17.7 Å². The SMILES string of the molecule is COc1ccc(C(=O)N2CC3CNCC3C2C)c(O)c1. The summed E-state index contributed by atoms with van der Waals surface area (Å²) in [5.41, 5.74) is 0.352. The van der Waals surface area contributed by atoms with Crippen LogP contribution < -0.4 is 10.1 Å². The summed E-state index contributed by atoms with van der Waals surface area (Å²) in [5.74, 6) is 1.51. The number of phenols is 1. The molecule has 3 rings (SSSR count). The molecular formula is C15H20N2O3. The van der Waals surface area contributed by atoms with Gasteiger partial charge in [-0.2, -0.15) is 0 Å². The van der Waals surface area contributed by atoms with Crippen molar-refractivity contribution in [3.63, 3.8) is 0 Å². The van der Waals surface area contributed by atoms with Crippen molar-refractivity contribution in [2.45, 2.75) is 13.0 Å². The smallest absolute Gasteiger partial charge is 0.257 e. The Balaban J connectivity index is 1.83. The number of rotatable bonds is 2. The number of hydrogen-bond acceptors (Lipinski definition) is 4. The third-order valence-electron chi connectivity index (χ3n) is 4.63. The molecule has 20 heavy (non-hydrogen) atoms. The second kappa shape index (κ2) is 4.98. The summed E-state index contributed by atoms with van der Waals surface area (Å²) in [7, 11) is 1.53. The number of nitrogens with zero attached hydrogens (tertiary/aromatic N) is 1. The van der Waals surface area contributed by atoms with Gasteiger partial charge in [0.1, 0.15) is 11.5 Å². The van der Waals surface area contributed by atoms with Crippen LogP contribution in [0, 0.1) is 11.8 Å². The van der Waals surface area contributed by atoms with E-state index in [1.165, 1.54) is 13.2 Å². The predicted octanol–water partition coefficient (Wildman–Crippen LogP) is 1.08. The minimum atomic E-state index is -0.0907. The Labute approximate surface area is 118 Å². The minimum Gasteiger partial charge on any atom is -0.507 e. The van der Waals surface area contributed by atoms with E-state index >= 15 is 0 Å². The van der Waals surface area contributed by atoms with Gasteiger partial charge < -0.3 is 20.1 Å². The van der Waals surface area contributed by atoms with Gasteiger partial charge in [0.15, 0.2) is 0 Å². The van der Waals surface area contributed by atoms with Crippen LogP contribution in [-0.2, 0) is 0 Å². The fourth-order valence-electron chi connectivity index (χ4n) is 3.41. The highest BCUT2D eigenvalue weighted by atomic mass is 16.5. The van der Waals surface area contributed by atoms with Crippen LogP contribution in [0.1, 0.15) is 17.3 Å². The zero-order valence-corrected chi connectivity index (χ0v) is 11.8. The Morgan fingerprint density at radius 1 is 1.45 bits per heavy atom. The number of hydrogen-bond donors (Lipinski definition) is 2. The molecule has 0 spiro atoms. The molecule has 2 aliphatic rings. The number of methoxy groups -OCH3 is 1. The number of carbonyl (C=O) groups is 1. The maximum atomic E-state index is 12.6. The Kier molecular flexibility index (Phi) is 3.30. The average molecular weight is 276 g/mol. The topological polar surface area (TPSA) is 61.8 Å². The van der Waals surface area contributed by atoms with Crippen LogP contribution >= 0.6 is 0 Å². The van der Waals surface area contributed by atoms with E-state index < -0.39 is 0 Å². The second-order valence-electron chi connectivity index (χ2n) is 5.66. The van der Waals surface area contributed by atoms with Crippen molar-refractivity contribution < 1.29 is 14.6 Å². The molecule has 2 N–H and O–H groups in total. The monoisotopic (exact) mass is 276 g/mol. The van der Waals surface area contributed by atoms with E-state index in [0.29, 0.717) is 23.1 Å². The number of nitrogens with one attached hydrogen (secondary N) is 1. The van der Waals surface area contributed by atoms with Crippen LogP contribution in [-0.4, -0.2) is 48.7 Å². The zero-order chi connectivity index (χ0) is 14.3. The molecule has 3 unspecified atom stereocenters. The van der Waals surface area contributed by atoms with Crippen LogP contribution in [0.15, 0.2) is 18.2 Å². The number of ether oxygens (including phenoxy) is 1. The highest BCUT2D eigenvalue weighted by Crippen LogP contribution is 2.34. The minimum absolute atomic E-state index is 0.0169. The Morgan fingerprint density at radius 2 is 2.25 bits per heavy atom. The molecule has 108 valence electrons. The number of fused-ring (bicyclic) bond motifs is 1. The molecule has 3 atom stereocenters. The van der Waals surface area contributed by atoms with E-state index in [2.05, 4.69) is 12.2 Å². The molecule has 0 radical (unpaired) electrons. The van der Waals surface area contributed by atoms with Crippen LogP contribution in [0.25, 0.3) is 0 Å². The Hall–Kier alpha value is -1.75. The molecular weight excluding hydrogens is 256 g/mol. The first kappa shape index (κ1) is 13.2. The van der Waals surface area contributed by atoms with Crippen molar-refractivity contribution in [3.05, 3.63) is 23.8 Å². The van der Waals surface area contributed by atoms with Crippen molar-refractivity contribution in [2.75, 3.05) is 26.7 Å². The molecule has 2 fully saturated rings. The lowest BCUT2D eigenvalue weighted by Gasteiger charge is -2.25. The number of amides is 1. The summed E-state index contributed by atoms with van der Waals surface area (Å²) in [4.78, 5) is 14.5. The lowest BCUT2D eigenvalue weighted by molar-refractivity contribution is 0.0725. The summed E-state index contributed by atoms with van der Waals surface area (Å²) >= 11 is 0. The molecule has 2 aliphatic heterocycles. The van der Waals surface area contributed by atoms with Gasteiger partial charge in [-0.05, 0) is 30.9 Å². The molecule has 1 amide bonds. The van der Waals surface area contributed by atoms with Crippen LogP contribution in [0.5, 0.6) is 11.5 Å². The second-order valence-corrected chi connectivity index (χ2v) is 5.66. The number of carbonyl (C=O) groups excluding carboxylic acids is 1. The molecule has 5 heteroatoms. The number of phenolic OH excluding ortho intramolecular Hbond substituents is 1. The van der Waals surface area contributed by atoms with Crippen molar-refractivity contribution in [2.24, 2.45) is 11.8 Å². The van der Waals surface area contributed by atoms with Crippen molar-refractivity contribution >= 4 is 5.91 Å². The third kappa shape index (κ3) is 2.02. The van der Waals surface area contributed by atoms with Crippen LogP contribution in [0.3, 0.4) is 0 Å². The quantitative estimate of drug-likeness (QED) is 0.848. The van der Waals surface area contributed by atoms with Crippen LogP contribution in [0.4, 0.5) is 0 Å². The van der Waals surface area contributed by atoms with E-state index in [0.717, 1.165) is 19.6 Å². The van der Waals surface area contributed by atoms with Crippen molar-refractivity contribution in [1.82, 2.24) is 10.2 Å². The Bertz CT molecular complexity index is 532. The largest absolute Gasteiger partial charge is 0.507 e. The van der Waals surface area contributed by atoms with Gasteiger partial charge in [-0.1, -0.05) is 0 Å². The molecule has 2 heterocycles. The average Bonchev–Trinajstić information content (AvgIpc) is 3.01. The molecule has 1 aromatic rings. The predicted molar refractivity (Wildman–Crippen MR) is 75.0 cm³/mol. The molecule has 0 aromatic heterocycles. The standard InChI is InChI=1S/C15H20N2O3/c1-9-13-7-16-6-10(13)8-17(9)15(19)12-4-3-11(20-2)5-14(12)18/h3-5,9-10,13,16,18H,6-8H2,1-2H3. The van der Waals surface area contributed by atoms with Gasteiger partial charge in [-0.3, -0.25) is 4.79 Å². The van der Waals surface area contributed by atoms with Gasteiger partial charge in [-0.15, -0.1) is 0 Å². The normalized spacial score (nSPS) is 28.5. The van der Waals surface area contributed by atoms with Gasteiger partial charge in [0.05, 0.1) is 12.7 Å². The number of likely N-dealkylation sites (tertiary alicyclic amines) is 1. The summed E-state index contributed by atoms with van der Waals surface area (Å²) < 4.78 is 5.04. The fourth-order valence-corrected chi connectivity index (χ4v) is 3.41. The molecule has 0 saturated carbocycles. The van der Waals surface area contributed by atoms with Gasteiger partial charge in [0, 0.05) is 31.7 Å². The van der Waals surface area contributed by atoms with E-state index in [4.69, 9.17) is 4.74 Å². The molecule has 0 aliphatic carbocycles. The fraction of sp³-hybridized carbons (Fsp3) is 0.533. The third-order valence-corrected chi connectivity index (χ3v) is 4.63. The highest BCUT2D eigenvalue weighted by Gasteiger charge is 2.44. The van der Waals surface area contributed by atoms with Gasteiger partial charge >= 0.3 is 0 Å². The molecule has 1 aromatic carbocycles. The molecule has 2 saturated heterocycles. The first-order valence-electron chi connectivity index (χ1n) is 7.00. The van der Waals surface area contributed by atoms with Gasteiger partial charge in [0.2, 0.25) is 0 Å². The Morgan fingerprint density at radius 3 is 2.90 bits per heavy atom. The maximum Gasteiger partial charge on any atom is 0.257 e. The van der Waals surface area contributed by atoms with Gasteiger partial charge in [0.25, 0.3) is 5.91 Å². The first-order chi connectivity index (χ1) is 9.61. The number of benzene rings is 1.